The number of hydrogen-bond acceptors (Lipinski definition) is 4. The van der Waals surface area contributed by atoms with E-state index in [1.165, 1.54) is 11.3 Å². The van der Waals surface area contributed by atoms with E-state index < -0.39 is 0 Å². The van der Waals surface area contributed by atoms with E-state index in [2.05, 4.69) is 39.6 Å². The lowest BCUT2D eigenvalue weighted by atomic mass is 10.2. The normalized spacial score (nSPS) is 15.0. The van der Waals surface area contributed by atoms with Gasteiger partial charge in [-0.1, -0.05) is 12.1 Å². The summed E-state index contributed by atoms with van der Waals surface area (Å²) in [5.41, 5.74) is 4.17. The number of piperazine rings is 1. The van der Waals surface area contributed by atoms with Gasteiger partial charge in [-0.05, 0) is 55.9 Å². The molecular formula is C20H26N4O. The van der Waals surface area contributed by atoms with Gasteiger partial charge in [-0.3, -0.25) is 4.79 Å². The summed E-state index contributed by atoms with van der Waals surface area (Å²) in [6, 6.07) is 16.1. The van der Waals surface area contributed by atoms with Gasteiger partial charge in [0.2, 0.25) is 5.91 Å². The van der Waals surface area contributed by atoms with Gasteiger partial charge in [0.25, 0.3) is 0 Å². The van der Waals surface area contributed by atoms with Crippen LogP contribution < -0.4 is 15.5 Å². The van der Waals surface area contributed by atoms with Gasteiger partial charge < -0.3 is 20.4 Å². The quantitative estimate of drug-likeness (QED) is 0.880. The smallest absolute Gasteiger partial charge is 0.243 e. The topological polar surface area (TPSA) is 47.6 Å². The maximum absolute atomic E-state index is 12.1. The molecule has 25 heavy (non-hydrogen) atoms. The summed E-state index contributed by atoms with van der Waals surface area (Å²) in [4.78, 5) is 16.8. The van der Waals surface area contributed by atoms with Crippen LogP contribution in [-0.2, 0) is 4.79 Å². The van der Waals surface area contributed by atoms with Crippen LogP contribution in [0.1, 0.15) is 5.56 Å². The molecule has 2 aromatic carbocycles. The molecule has 0 aromatic heterocycles. The van der Waals surface area contributed by atoms with Gasteiger partial charge in [-0.25, -0.2) is 0 Å². The molecule has 3 rings (SSSR count). The van der Waals surface area contributed by atoms with Gasteiger partial charge in [-0.15, -0.1) is 0 Å². The lowest BCUT2D eigenvalue weighted by Crippen LogP contribution is -2.44. The first-order valence-electron chi connectivity index (χ1n) is 8.74. The van der Waals surface area contributed by atoms with Crippen molar-refractivity contribution in [2.24, 2.45) is 0 Å². The van der Waals surface area contributed by atoms with Crippen molar-refractivity contribution >= 4 is 23.0 Å². The fourth-order valence-electron chi connectivity index (χ4n) is 2.96. The molecule has 0 spiro atoms. The Morgan fingerprint density at radius 1 is 1.00 bits per heavy atom. The SMILES string of the molecule is Cc1cccc(NCC(=O)Nc2ccc(N3CCN(C)CC3)cc2)c1. The van der Waals surface area contributed by atoms with Crippen LogP contribution in [0.15, 0.2) is 48.5 Å². The number of hydrogen-bond donors (Lipinski definition) is 2. The highest BCUT2D eigenvalue weighted by molar-refractivity contribution is 5.93. The van der Waals surface area contributed by atoms with Crippen LogP contribution in [0.5, 0.6) is 0 Å². The standard InChI is InChI=1S/C20H26N4O/c1-16-4-3-5-18(14-16)21-15-20(25)22-17-6-8-19(9-7-17)24-12-10-23(2)11-13-24/h3-9,14,21H,10-13,15H2,1-2H3,(H,22,25). The summed E-state index contributed by atoms with van der Waals surface area (Å²) in [5, 5.41) is 6.08. The summed E-state index contributed by atoms with van der Waals surface area (Å²) in [6.45, 7) is 6.55. The van der Waals surface area contributed by atoms with Gasteiger partial charge in [0.1, 0.15) is 0 Å². The largest absolute Gasteiger partial charge is 0.376 e. The molecule has 0 saturated carbocycles. The van der Waals surface area contributed by atoms with Gasteiger partial charge in [-0.2, -0.15) is 0 Å². The van der Waals surface area contributed by atoms with Crippen molar-refractivity contribution in [3.8, 4) is 0 Å². The van der Waals surface area contributed by atoms with Gasteiger partial charge in [0, 0.05) is 43.2 Å². The lowest BCUT2D eigenvalue weighted by Gasteiger charge is -2.34. The van der Waals surface area contributed by atoms with Crippen molar-refractivity contribution in [3.63, 3.8) is 0 Å². The van der Waals surface area contributed by atoms with Crippen molar-refractivity contribution in [3.05, 3.63) is 54.1 Å². The summed E-state index contributed by atoms with van der Waals surface area (Å²) >= 11 is 0. The highest BCUT2D eigenvalue weighted by Gasteiger charge is 2.14. The van der Waals surface area contributed by atoms with Crippen molar-refractivity contribution in [1.82, 2.24) is 4.90 Å². The Morgan fingerprint density at radius 2 is 1.72 bits per heavy atom. The molecular weight excluding hydrogens is 312 g/mol. The number of nitrogens with zero attached hydrogens (tertiary/aromatic N) is 2. The number of benzene rings is 2. The van der Waals surface area contributed by atoms with Crippen LogP contribution in [0.25, 0.3) is 0 Å². The first-order chi connectivity index (χ1) is 12.1. The van der Waals surface area contributed by atoms with Crippen LogP contribution in [0.3, 0.4) is 0 Å². The van der Waals surface area contributed by atoms with Crippen LogP contribution in [-0.4, -0.2) is 50.6 Å². The molecule has 132 valence electrons. The third-order valence-electron chi connectivity index (χ3n) is 4.49. The molecule has 2 N–H and O–H groups in total. The van der Waals surface area contributed by atoms with E-state index in [-0.39, 0.29) is 12.5 Å². The fourth-order valence-corrected chi connectivity index (χ4v) is 2.96. The van der Waals surface area contributed by atoms with E-state index in [1.807, 2.05) is 43.3 Å². The van der Waals surface area contributed by atoms with Crippen LogP contribution >= 0.6 is 0 Å². The number of carbonyl (C=O) groups excluding carboxylic acids is 1. The first-order valence-corrected chi connectivity index (χ1v) is 8.74. The van der Waals surface area contributed by atoms with Crippen LogP contribution in [0, 0.1) is 6.92 Å². The molecule has 5 heteroatoms. The van der Waals surface area contributed by atoms with E-state index in [0.717, 1.165) is 37.6 Å². The number of anilines is 3. The Bertz CT molecular complexity index is 706. The molecule has 5 nitrogen and oxygen atoms in total. The van der Waals surface area contributed by atoms with Gasteiger partial charge >= 0.3 is 0 Å². The third-order valence-corrected chi connectivity index (χ3v) is 4.49. The molecule has 1 heterocycles. The number of nitrogens with one attached hydrogen (secondary N) is 2. The molecule has 0 atom stereocenters. The second-order valence-corrected chi connectivity index (χ2v) is 6.61. The van der Waals surface area contributed by atoms with E-state index >= 15 is 0 Å². The summed E-state index contributed by atoms with van der Waals surface area (Å²) in [5.74, 6) is -0.0474. The predicted octanol–water partition coefficient (Wildman–Crippen LogP) is 2.80. The zero-order valence-electron chi connectivity index (χ0n) is 15.0. The van der Waals surface area contributed by atoms with E-state index in [0.29, 0.717) is 0 Å². The second kappa shape index (κ2) is 8.03. The number of rotatable bonds is 5. The Hall–Kier alpha value is -2.53. The lowest BCUT2D eigenvalue weighted by molar-refractivity contribution is -0.114. The number of aryl methyl sites for hydroxylation is 1. The van der Waals surface area contributed by atoms with E-state index in [4.69, 9.17) is 0 Å². The monoisotopic (exact) mass is 338 g/mol. The summed E-state index contributed by atoms with van der Waals surface area (Å²) in [6.07, 6.45) is 0. The molecule has 1 aliphatic rings. The maximum Gasteiger partial charge on any atom is 0.243 e. The number of likely N-dealkylation sites (N-methyl/N-ethyl adjacent to an activating group) is 1. The zero-order chi connectivity index (χ0) is 17.6. The van der Waals surface area contributed by atoms with Crippen molar-refractivity contribution in [2.45, 2.75) is 6.92 Å². The highest BCUT2D eigenvalue weighted by atomic mass is 16.1. The molecule has 1 aliphatic heterocycles. The average Bonchev–Trinajstić information content (AvgIpc) is 2.62. The molecule has 0 bridgehead atoms. The number of carbonyl (C=O) groups is 1. The van der Waals surface area contributed by atoms with Crippen LogP contribution in [0.4, 0.5) is 17.1 Å². The maximum atomic E-state index is 12.1. The van der Waals surface area contributed by atoms with E-state index in [1.54, 1.807) is 0 Å². The van der Waals surface area contributed by atoms with E-state index in [9.17, 15) is 4.79 Å². The Balaban J connectivity index is 1.50. The Kier molecular flexibility index (Phi) is 5.56. The molecule has 1 saturated heterocycles. The van der Waals surface area contributed by atoms with Gasteiger partial charge in [0.15, 0.2) is 0 Å². The molecule has 1 fully saturated rings. The second-order valence-electron chi connectivity index (χ2n) is 6.61. The Morgan fingerprint density at radius 3 is 2.40 bits per heavy atom. The zero-order valence-corrected chi connectivity index (χ0v) is 15.0. The molecule has 2 aromatic rings. The molecule has 0 radical (unpaired) electrons. The molecule has 0 aliphatic carbocycles. The molecule has 1 amide bonds. The number of amides is 1. The van der Waals surface area contributed by atoms with Crippen molar-refractivity contribution in [1.29, 1.82) is 0 Å². The fraction of sp³-hybridized carbons (Fsp3) is 0.350. The Labute approximate surface area is 149 Å². The minimum atomic E-state index is -0.0474. The summed E-state index contributed by atoms with van der Waals surface area (Å²) in [7, 11) is 2.15. The predicted molar refractivity (Wildman–Crippen MR) is 104 cm³/mol. The minimum absolute atomic E-state index is 0.0474. The summed E-state index contributed by atoms with van der Waals surface area (Å²) < 4.78 is 0. The minimum Gasteiger partial charge on any atom is -0.376 e. The highest BCUT2D eigenvalue weighted by Crippen LogP contribution is 2.19. The van der Waals surface area contributed by atoms with Crippen LogP contribution in [0.2, 0.25) is 0 Å². The average molecular weight is 338 g/mol. The molecule has 0 unspecified atom stereocenters. The van der Waals surface area contributed by atoms with Crippen molar-refractivity contribution in [2.75, 3.05) is 55.3 Å². The first kappa shape index (κ1) is 17.3. The van der Waals surface area contributed by atoms with Crippen molar-refractivity contribution < 1.29 is 4.79 Å². The van der Waals surface area contributed by atoms with Gasteiger partial charge in [0.05, 0.1) is 6.54 Å². The third kappa shape index (κ3) is 4.97.